The Hall–Kier alpha value is -1.35. The number of unbranched alkanes of at least 4 members (excludes halogenated alkanes) is 1. The average Bonchev–Trinajstić information content (AvgIpc) is 2.33. The van der Waals surface area contributed by atoms with Crippen molar-refractivity contribution in [3.8, 4) is 0 Å². The van der Waals surface area contributed by atoms with Crippen LogP contribution < -0.4 is 0 Å². The van der Waals surface area contributed by atoms with Crippen molar-refractivity contribution in [3.05, 3.63) is 35.4 Å². The van der Waals surface area contributed by atoms with E-state index < -0.39 is 5.97 Å². The van der Waals surface area contributed by atoms with E-state index >= 15 is 0 Å². The maximum Gasteiger partial charge on any atom is 0.303 e. The maximum atomic E-state index is 10.4. The zero-order chi connectivity index (χ0) is 13.4. The largest absolute Gasteiger partial charge is 0.481 e. The minimum Gasteiger partial charge on any atom is -0.481 e. The number of rotatable bonds is 8. The number of carboxylic acid groups (broad SMARTS) is 1. The molecule has 0 fully saturated rings. The molecule has 0 heterocycles. The van der Waals surface area contributed by atoms with Crippen molar-refractivity contribution in [3.63, 3.8) is 0 Å². The molecule has 1 aromatic rings. The second-order valence-electron chi connectivity index (χ2n) is 4.83. The van der Waals surface area contributed by atoms with Crippen LogP contribution in [0.15, 0.2) is 24.3 Å². The van der Waals surface area contributed by atoms with Gasteiger partial charge in [-0.1, -0.05) is 24.3 Å². The van der Waals surface area contributed by atoms with Gasteiger partial charge in [0.1, 0.15) is 0 Å². The lowest BCUT2D eigenvalue weighted by Gasteiger charge is -2.16. The lowest BCUT2D eigenvalue weighted by atomic mass is 10.1. The van der Waals surface area contributed by atoms with Gasteiger partial charge in [0.05, 0.1) is 0 Å². The van der Waals surface area contributed by atoms with E-state index in [9.17, 15) is 4.79 Å². The molecule has 0 bridgehead atoms. The van der Waals surface area contributed by atoms with E-state index in [0.717, 1.165) is 32.4 Å². The Balaban J connectivity index is 2.19. The lowest BCUT2D eigenvalue weighted by molar-refractivity contribution is -0.137. The first-order valence-corrected chi connectivity index (χ1v) is 6.54. The van der Waals surface area contributed by atoms with E-state index in [1.54, 1.807) is 0 Å². The average molecular weight is 249 g/mol. The monoisotopic (exact) mass is 249 g/mol. The highest BCUT2D eigenvalue weighted by molar-refractivity contribution is 5.66. The molecule has 0 aliphatic carbocycles. The van der Waals surface area contributed by atoms with Crippen molar-refractivity contribution in [2.75, 3.05) is 20.1 Å². The summed E-state index contributed by atoms with van der Waals surface area (Å²) in [5.74, 6) is -0.697. The molecule has 0 aliphatic rings. The molecule has 1 aromatic carbocycles. The zero-order valence-corrected chi connectivity index (χ0v) is 11.4. The number of carbonyl (C=O) groups is 1. The molecule has 1 rings (SSSR count). The van der Waals surface area contributed by atoms with E-state index in [1.165, 1.54) is 11.1 Å². The van der Waals surface area contributed by atoms with Crippen molar-refractivity contribution in [1.82, 2.24) is 4.90 Å². The standard InChI is InChI=1S/C15H23NO2/c1-13-7-3-4-8-14(13)10-12-16(2)11-6-5-9-15(17)18/h3-4,7-8H,5-6,9-12H2,1-2H3,(H,17,18). The van der Waals surface area contributed by atoms with Gasteiger partial charge in [0.25, 0.3) is 0 Å². The number of carboxylic acids is 1. The van der Waals surface area contributed by atoms with Gasteiger partial charge >= 0.3 is 5.97 Å². The molecule has 3 nitrogen and oxygen atoms in total. The minimum absolute atomic E-state index is 0.283. The molecule has 3 heteroatoms. The van der Waals surface area contributed by atoms with Crippen LogP contribution >= 0.6 is 0 Å². The van der Waals surface area contributed by atoms with Crippen molar-refractivity contribution in [2.45, 2.75) is 32.6 Å². The van der Waals surface area contributed by atoms with Crippen LogP contribution in [0.1, 0.15) is 30.4 Å². The third-order valence-corrected chi connectivity index (χ3v) is 3.20. The number of aryl methyl sites for hydroxylation is 1. The van der Waals surface area contributed by atoms with Crippen LogP contribution in [-0.2, 0) is 11.2 Å². The molecule has 0 atom stereocenters. The summed E-state index contributed by atoms with van der Waals surface area (Å²) >= 11 is 0. The number of nitrogens with zero attached hydrogens (tertiary/aromatic N) is 1. The topological polar surface area (TPSA) is 40.5 Å². The van der Waals surface area contributed by atoms with Crippen LogP contribution in [0, 0.1) is 6.92 Å². The van der Waals surface area contributed by atoms with E-state index in [1.807, 2.05) is 0 Å². The van der Waals surface area contributed by atoms with Crippen molar-refractivity contribution in [1.29, 1.82) is 0 Å². The second-order valence-corrected chi connectivity index (χ2v) is 4.83. The van der Waals surface area contributed by atoms with Gasteiger partial charge < -0.3 is 10.0 Å². The highest BCUT2D eigenvalue weighted by Gasteiger charge is 2.02. The highest BCUT2D eigenvalue weighted by atomic mass is 16.4. The summed E-state index contributed by atoms with van der Waals surface area (Å²) in [6, 6.07) is 8.46. The van der Waals surface area contributed by atoms with Crippen LogP contribution in [-0.4, -0.2) is 36.1 Å². The Morgan fingerprint density at radius 1 is 1.22 bits per heavy atom. The molecule has 18 heavy (non-hydrogen) atoms. The smallest absolute Gasteiger partial charge is 0.303 e. The highest BCUT2D eigenvalue weighted by Crippen LogP contribution is 2.08. The lowest BCUT2D eigenvalue weighted by Crippen LogP contribution is -2.22. The Morgan fingerprint density at radius 3 is 2.61 bits per heavy atom. The Bertz CT molecular complexity index is 377. The summed E-state index contributed by atoms with van der Waals surface area (Å²) in [6.07, 6.45) is 3.06. The Morgan fingerprint density at radius 2 is 1.94 bits per heavy atom. The van der Waals surface area contributed by atoms with E-state index in [0.29, 0.717) is 0 Å². The van der Waals surface area contributed by atoms with Crippen LogP contribution in [0.3, 0.4) is 0 Å². The van der Waals surface area contributed by atoms with Gasteiger partial charge in [-0.05, 0) is 50.9 Å². The van der Waals surface area contributed by atoms with Gasteiger partial charge in [-0.25, -0.2) is 0 Å². The first kappa shape index (κ1) is 14.7. The summed E-state index contributed by atoms with van der Waals surface area (Å²) in [6.45, 7) is 4.14. The summed E-state index contributed by atoms with van der Waals surface area (Å²) < 4.78 is 0. The third kappa shape index (κ3) is 5.82. The molecule has 0 amide bonds. The van der Waals surface area contributed by atoms with Crippen molar-refractivity contribution < 1.29 is 9.90 Å². The molecular weight excluding hydrogens is 226 g/mol. The summed E-state index contributed by atoms with van der Waals surface area (Å²) in [5, 5.41) is 8.55. The SMILES string of the molecule is Cc1ccccc1CCN(C)CCCCC(=O)O. The van der Waals surface area contributed by atoms with Gasteiger partial charge in [0.15, 0.2) is 0 Å². The Kier molecular flexibility index (Phi) is 6.44. The molecular formula is C15H23NO2. The molecule has 0 aliphatic heterocycles. The minimum atomic E-state index is -0.697. The fraction of sp³-hybridized carbons (Fsp3) is 0.533. The number of aliphatic carboxylic acids is 1. The van der Waals surface area contributed by atoms with E-state index in [2.05, 4.69) is 43.1 Å². The number of hydrogen-bond acceptors (Lipinski definition) is 2. The van der Waals surface area contributed by atoms with Crippen LogP contribution in [0.5, 0.6) is 0 Å². The van der Waals surface area contributed by atoms with Crippen molar-refractivity contribution >= 4 is 5.97 Å². The van der Waals surface area contributed by atoms with Gasteiger partial charge in [-0.2, -0.15) is 0 Å². The van der Waals surface area contributed by atoms with E-state index in [4.69, 9.17) is 5.11 Å². The van der Waals surface area contributed by atoms with Crippen LogP contribution in [0.2, 0.25) is 0 Å². The number of likely N-dealkylation sites (N-methyl/N-ethyl adjacent to an activating group) is 1. The quantitative estimate of drug-likeness (QED) is 0.720. The van der Waals surface area contributed by atoms with Crippen molar-refractivity contribution in [2.24, 2.45) is 0 Å². The molecule has 0 aromatic heterocycles. The second kappa shape index (κ2) is 7.88. The molecule has 0 unspecified atom stereocenters. The first-order chi connectivity index (χ1) is 8.59. The van der Waals surface area contributed by atoms with Gasteiger partial charge in [0, 0.05) is 13.0 Å². The summed E-state index contributed by atoms with van der Waals surface area (Å²) in [7, 11) is 2.10. The fourth-order valence-corrected chi connectivity index (χ4v) is 1.97. The molecule has 0 radical (unpaired) electrons. The van der Waals surface area contributed by atoms with E-state index in [-0.39, 0.29) is 6.42 Å². The van der Waals surface area contributed by atoms with Gasteiger partial charge in [-0.15, -0.1) is 0 Å². The van der Waals surface area contributed by atoms with Crippen LogP contribution in [0.25, 0.3) is 0 Å². The molecule has 0 saturated carbocycles. The summed E-state index contributed by atoms with van der Waals surface area (Å²) in [5.41, 5.74) is 2.74. The van der Waals surface area contributed by atoms with Gasteiger partial charge in [0.2, 0.25) is 0 Å². The summed E-state index contributed by atoms with van der Waals surface area (Å²) in [4.78, 5) is 12.7. The molecule has 0 saturated heterocycles. The predicted octanol–water partition coefficient (Wildman–Crippen LogP) is 2.72. The fourth-order valence-electron chi connectivity index (χ4n) is 1.97. The predicted molar refractivity (Wildman–Crippen MR) is 73.9 cm³/mol. The normalized spacial score (nSPS) is 10.8. The Labute approximate surface area is 109 Å². The number of benzene rings is 1. The first-order valence-electron chi connectivity index (χ1n) is 6.54. The number of hydrogen-bond donors (Lipinski definition) is 1. The van der Waals surface area contributed by atoms with Crippen LogP contribution in [0.4, 0.5) is 0 Å². The maximum absolute atomic E-state index is 10.4. The zero-order valence-electron chi connectivity index (χ0n) is 11.4. The molecule has 0 spiro atoms. The molecule has 100 valence electrons. The molecule has 1 N–H and O–H groups in total. The van der Waals surface area contributed by atoms with Gasteiger partial charge in [-0.3, -0.25) is 4.79 Å². The third-order valence-electron chi connectivity index (χ3n) is 3.20.